The molecule has 1 heterocycles. The van der Waals surface area contributed by atoms with E-state index in [0.717, 1.165) is 5.56 Å². The van der Waals surface area contributed by atoms with Crippen LogP contribution in [-0.4, -0.2) is 28.6 Å². The number of nitrogens with one attached hydrogen (secondary N) is 2. The molecule has 1 rings (SSSR count). The average molecular weight is 281 g/mol. The van der Waals surface area contributed by atoms with Gasteiger partial charge in [-0.15, -0.1) is 0 Å². The number of nitrogen functional groups attached to an aromatic ring is 1. The molecule has 0 bridgehead atoms. The lowest BCUT2D eigenvalue weighted by Gasteiger charge is -2.18. The summed E-state index contributed by atoms with van der Waals surface area (Å²) in [7, 11) is 0. The first-order chi connectivity index (χ1) is 9.40. The first-order valence-corrected chi connectivity index (χ1v) is 6.69. The van der Waals surface area contributed by atoms with Gasteiger partial charge in [0.1, 0.15) is 23.5 Å². The number of hydrogen-bond acceptors (Lipinski definition) is 7. The van der Waals surface area contributed by atoms with Crippen LogP contribution in [-0.2, 0) is 9.53 Å². The molecular formula is C13H23N5O2. The predicted octanol–water partition coefficient (Wildman–Crippen LogP) is 1.56. The summed E-state index contributed by atoms with van der Waals surface area (Å²) in [5.74, 6) is 7.08. The smallest absolute Gasteiger partial charge is 0.328 e. The minimum Gasteiger partial charge on any atom is -0.464 e. The van der Waals surface area contributed by atoms with E-state index in [2.05, 4.69) is 20.7 Å². The Hall–Kier alpha value is -1.89. The van der Waals surface area contributed by atoms with E-state index in [1.54, 1.807) is 13.8 Å². The molecule has 1 aromatic heterocycles. The molecule has 7 nitrogen and oxygen atoms in total. The van der Waals surface area contributed by atoms with E-state index in [0.29, 0.717) is 24.1 Å². The topological polar surface area (TPSA) is 102 Å². The fourth-order valence-electron chi connectivity index (χ4n) is 1.60. The van der Waals surface area contributed by atoms with Gasteiger partial charge in [0.05, 0.1) is 6.61 Å². The third-order valence-electron chi connectivity index (χ3n) is 2.81. The zero-order valence-electron chi connectivity index (χ0n) is 12.7. The Kier molecular flexibility index (Phi) is 5.69. The molecule has 0 saturated carbocycles. The number of hydrazine groups is 1. The van der Waals surface area contributed by atoms with Gasteiger partial charge in [-0.1, -0.05) is 13.8 Å². The minimum atomic E-state index is -0.491. The molecular weight excluding hydrogens is 258 g/mol. The van der Waals surface area contributed by atoms with Gasteiger partial charge in [0.25, 0.3) is 0 Å². The molecule has 1 atom stereocenters. The van der Waals surface area contributed by atoms with Crippen LogP contribution in [0.25, 0.3) is 0 Å². The third-order valence-corrected chi connectivity index (χ3v) is 2.81. The number of ether oxygens (including phenoxy) is 1. The second-order valence-corrected chi connectivity index (χ2v) is 4.82. The van der Waals surface area contributed by atoms with Crippen molar-refractivity contribution in [2.24, 2.45) is 5.84 Å². The van der Waals surface area contributed by atoms with Gasteiger partial charge in [0.15, 0.2) is 0 Å². The lowest BCUT2D eigenvalue weighted by molar-refractivity contribution is -0.143. The van der Waals surface area contributed by atoms with Crippen molar-refractivity contribution < 1.29 is 9.53 Å². The largest absolute Gasteiger partial charge is 0.464 e. The van der Waals surface area contributed by atoms with Gasteiger partial charge >= 0.3 is 5.97 Å². The summed E-state index contributed by atoms with van der Waals surface area (Å²) in [6.07, 6.45) is 0. The average Bonchev–Trinajstić information content (AvgIpc) is 2.40. The van der Waals surface area contributed by atoms with E-state index >= 15 is 0 Å². The maximum Gasteiger partial charge on any atom is 0.328 e. The molecule has 112 valence electrons. The van der Waals surface area contributed by atoms with E-state index in [1.807, 2.05) is 20.8 Å². The van der Waals surface area contributed by atoms with Crippen LogP contribution >= 0.6 is 0 Å². The normalized spacial score (nSPS) is 12.2. The van der Waals surface area contributed by atoms with Gasteiger partial charge in [0, 0.05) is 11.5 Å². The first kappa shape index (κ1) is 16.2. The van der Waals surface area contributed by atoms with Crippen molar-refractivity contribution in [3.05, 3.63) is 11.4 Å². The van der Waals surface area contributed by atoms with Crippen LogP contribution in [0, 0.1) is 6.92 Å². The van der Waals surface area contributed by atoms with Crippen LogP contribution < -0.4 is 16.6 Å². The molecule has 0 aliphatic rings. The van der Waals surface area contributed by atoms with E-state index < -0.39 is 6.04 Å². The van der Waals surface area contributed by atoms with E-state index in [9.17, 15) is 4.79 Å². The fourth-order valence-corrected chi connectivity index (χ4v) is 1.60. The van der Waals surface area contributed by atoms with Crippen molar-refractivity contribution in [2.45, 2.75) is 46.6 Å². The molecule has 0 aromatic carbocycles. The Morgan fingerprint density at radius 2 is 1.90 bits per heavy atom. The Bertz CT molecular complexity index is 476. The summed E-state index contributed by atoms with van der Waals surface area (Å²) >= 11 is 0. The maximum absolute atomic E-state index is 11.7. The molecule has 0 saturated heterocycles. The summed E-state index contributed by atoms with van der Waals surface area (Å²) in [6, 6.07) is -0.491. The van der Waals surface area contributed by atoms with Gasteiger partial charge in [0.2, 0.25) is 0 Å². The number of anilines is 2. The zero-order chi connectivity index (χ0) is 15.3. The Labute approximate surface area is 119 Å². The van der Waals surface area contributed by atoms with Crippen molar-refractivity contribution in [1.29, 1.82) is 0 Å². The van der Waals surface area contributed by atoms with Gasteiger partial charge < -0.3 is 15.5 Å². The zero-order valence-corrected chi connectivity index (χ0v) is 12.7. The number of nitrogens with zero attached hydrogens (tertiary/aromatic N) is 2. The van der Waals surface area contributed by atoms with Crippen LogP contribution in [0.2, 0.25) is 0 Å². The number of hydrogen-bond donors (Lipinski definition) is 3. The Balaban J connectivity index is 3.04. The number of aromatic nitrogens is 2. The van der Waals surface area contributed by atoms with Gasteiger partial charge in [-0.05, 0) is 20.8 Å². The minimum absolute atomic E-state index is 0.154. The number of carbonyl (C=O) groups is 1. The van der Waals surface area contributed by atoms with Gasteiger partial charge in [-0.2, -0.15) is 0 Å². The number of rotatable bonds is 6. The highest BCUT2D eigenvalue weighted by Crippen LogP contribution is 2.23. The molecule has 0 aliphatic carbocycles. The van der Waals surface area contributed by atoms with Crippen LogP contribution in [0.3, 0.4) is 0 Å². The lowest BCUT2D eigenvalue weighted by Crippen LogP contribution is -2.29. The molecule has 20 heavy (non-hydrogen) atoms. The van der Waals surface area contributed by atoms with Crippen molar-refractivity contribution in [2.75, 3.05) is 17.3 Å². The van der Waals surface area contributed by atoms with Crippen molar-refractivity contribution in [1.82, 2.24) is 9.97 Å². The van der Waals surface area contributed by atoms with Crippen LogP contribution in [0.15, 0.2) is 0 Å². The third kappa shape index (κ3) is 3.80. The van der Waals surface area contributed by atoms with Crippen molar-refractivity contribution in [3.63, 3.8) is 0 Å². The highest BCUT2D eigenvalue weighted by Gasteiger charge is 2.18. The number of carbonyl (C=O) groups excluding carboxylic acids is 1. The van der Waals surface area contributed by atoms with Crippen molar-refractivity contribution in [3.8, 4) is 0 Å². The van der Waals surface area contributed by atoms with E-state index in [1.165, 1.54) is 0 Å². The monoisotopic (exact) mass is 281 g/mol. The molecule has 1 unspecified atom stereocenters. The highest BCUT2D eigenvalue weighted by molar-refractivity contribution is 5.79. The standard InChI is InChI=1S/C13H23N5O2/c1-6-20-13(19)9(5)15-11-8(4)12(18-14)17-10(16-11)7(2)3/h7,9H,6,14H2,1-5H3,(H2,15,16,17,18). The van der Waals surface area contributed by atoms with E-state index in [-0.39, 0.29) is 11.9 Å². The van der Waals surface area contributed by atoms with Crippen LogP contribution in [0.5, 0.6) is 0 Å². The van der Waals surface area contributed by atoms with Crippen LogP contribution in [0.1, 0.15) is 45.0 Å². The second kappa shape index (κ2) is 7.04. The number of esters is 1. The molecule has 0 amide bonds. The van der Waals surface area contributed by atoms with Gasteiger partial charge in [-0.25, -0.2) is 20.6 Å². The molecule has 0 fully saturated rings. The molecule has 4 N–H and O–H groups in total. The summed E-state index contributed by atoms with van der Waals surface area (Å²) < 4.78 is 4.96. The molecule has 0 radical (unpaired) electrons. The summed E-state index contributed by atoms with van der Waals surface area (Å²) in [6.45, 7) is 9.66. The van der Waals surface area contributed by atoms with Crippen molar-refractivity contribution >= 4 is 17.6 Å². The molecule has 0 spiro atoms. The fraction of sp³-hybridized carbons (Fsp3) is 0.615. The summed E-state index contributed by atoms with van der Waals surface area (Å²) in [5.41, 5.74) is 3.31. The van der Waals surface area contributed by atoms with Gasteiger partial charge in [-0.3, -0.25) is 0 Å². The predicted molar refractivity (Wildman–Crippen MR) is 78.4 cm³/mol. The van der Waals surface area contributed by atoms with E-state index in [4.69, 9.17) is 10.6 Å². The highest BCUT2D eigenvalue weighted by atomic mass is 16.5. The first-order valence-electron chi connectivity index (χ1n) is 6.69. The number of nitrogens with two attached hydrogens (primary N) is 1. The quantitative estimate of drug-likeness (QED) is 0.413. The lowest BCUT2D eigenvalue weighted by atomic mass is 10.2. The molecule has 1 aromatic rings. The summed E-state index contributed by atoms with van der Waals surface area (Å²) in [5, 5.41) is 3.04. The Morgan fingerprint density at radius 3 is 2.40 bits per heavy atom. The molecule has 0 aliphatic heterocycles. The Morgan fingerprint density at radius 1 is 1.30 bits per heavy atom. The SMILES string of the molecule is CCOC(=O)C(C)Nc1nc(C(C)C)nc(NN)c1C. The second-order valence-electron chi connectivity index (χ2n) is 4.82. The maximum atomic E-state index is 11.7. The molecule has 7 heteroatoms. The summed E-state index contributed by atoms with van der Waals surface area (Å²) in [4.78, 5) is 20.4. The van der Waals surface area contributed by atoms with Crippen LogP contribution in [0.4, 0.5) is 11.6 Å².